The van der Waals surface area contributed by atoms with E-state index in [-0.39, 0.29) is 11.9 Å². The Balaban J connectivity index is 0.000000847. The van der Waals surface area contributed by atoms with E-state index in [0.717, 1.165) is 29.8 Å². The van der Waals surface area contributed by atoms with Gasteiger partial charge in [0.05, 0.1) is 11.6 Å². The van der Waals surface area contributed by atoms with Crippen LogP contribution in [0.25, 0.3) is 5.70 Å². The van der Waals surface area contributed by atoms with Gasteiger partial charge in [-0.3, -0.25) is 9.69 Å². The Labute approximate surface area is 132 Å². The highest BCUT2D eigenvalue weighted by atomic mass is 16.2. The van der Waals surface area contributed by atoms with E-state index in [0.29, 0.717) is 16.9 Å². The minimum Gasteiger partial charge on any atom is -0.398 e. The zero-order valence-electron chi connectivity index (χ0n) is 13.3. The second-order valence-corrected chi connectivity index (χ2v) is 5.20. The molecule has 2 heterocycles. The van der Waals surface area contributed by atoms with Crippen molar-refractivity contribution in [3.8, 4) is 0 Å². The fourth-order valence-corrected chi connectivity index (χ4v) is 2.89. The Bertz CT molecular complexity index is 660. The molecule has 0 spiro atoms. The monoisotopic (exact) mass is 297 g/mol. The first kappa shape index (κ1) is 15.9. The number of hydrogen-bond acceptors (Lipinski definition) is 3. The fraction of sp³-hybridized carbons (Fsp3) is 0.278. The number of nitrogens with zero attached hydrogens (tertiary/aromatic N) is 1. The molecule has 3 N–H and O–H groups in total. The molecule has 1 unspecified atom stereocenters. The summed E-state index contributed by atoms with van der Waals surface area (Å²) in [6, 6.07) is 5.35. The number of rotatable bonds is 1. The number of nitrogens with two attached hydrogens (primary N) is 1. The molecule has 3 rings (SSSR count). The Kier molecular flexibility index (Phi) is 4.40. The number of fused-ring (bicyclic) bond motifs is 1. The van der Waals surface area contributed by atoms with Crippen LogP contribution in [0.3, 0.4) is 0 Å². The van der Waals surface area contributed by atoms with Crippen molar-refractivity contribution < 1.29 is 4.79 Å². The number of anilines is 1. The van der Waals surface area contributed by atoms with Crippen LogP contribution >= 0.6 is 0 Å². The molecule has 1 aromatic carbocycles. The number of carbonyl (C=O) groups is 1. The van der Waals surface area contributed by atoms with Gasteiger partial charge in [0, 0.05) is 28.3 Å². The largest absolute Gasteiger partial charge is 0.398 e. The van der Waals surface area contributed by atoms with E-state index >= 15 is 0 Å². The van der Waals surface area contributed by atoms with Crippen LogP contribution < -0.4 is 11.1 Å². The lowest BCUT2D eigenvalue weighted by Gasteiger charge is -2.35. The molecule has 1 amide bonds. The minimum atomic E-state index is -0.104. The summed E-state index contributed by atoms with van der Waals surface area (Å²) in [5, 5.41) is 3.13. The molecule has 0 aromatic heterocycles. The summed E-state index contributed by atoms with van der Waals surface area (Å²) in [7, 11) is 0. The predicted octanol–water partition coefficient (Wildman–Crippen LogP) is 3.50. The molecular weight excluding hydrogens is 274 g/mol. The highest BCUT2D eigenvalue weighted by molar-refractivity contribution is 6.12. The van der Waals surface area contributed by atoms with E-state index in [4.69, 9.17) is 5.73 Å². The molecule has 4 heteroatoms. The maximum Gasteiger partial charge on any atom is 0.261 e. The first-order chi connectivity index (χ1) is 10.5. The van der Waals surface area contributed by atoms with Gasteiger partial charge in [-0.25, -0.2) is 0 Å². The summed E-state index contributed by atoms with van der Waals surface area (Å²) in [4.78, 5) is 14.3. The highest BCUT2D eigenvalue weighted by Gasteiger charge is 2.39. The van der Waals surface area contributed by atoms with Gasteiger partial charge in [-0.1, -0.05) is 45.7 Å². The van der Waals surface area contributed by atoms with Crippen LogP contribution in [0.5, 0.6) is 0 Å². The van der Waals surface area contributed by atoms with Gasteiger partial charge < -0.3 is 11.1 Å². The van der Waals surface area contributed by atoms with Crippen LogP contribution in [0, 0.1) is 0 Å². The summed E-state index contributed by atoms with van der Waals surface area (Å²) >= 11 is 0. The lowest BCUT2D eigenvalue weighted by atomic mass is 10.0. The molecule has 116 valence electrons. The van der Waals surface area contributed by atoms with E-state index in [1.807, 2.05) is 26.0 Å². The standard InChI is InChI=1S/C16H17N3O.C2H6/c1-9-7-8-14(10(2)18-9)19-11(3)12-5-4-6-13(17)15(12)16(19)20;1-2/h4-6,14,18H,1-3,7-8,17H2;1-2H3. The third-order valence-corrected chi connectivity index (χ3v) is 3.90. The van der Waals surface area contributed by atoms with Crippen molar-refractivity contribution in [3.63, 3.8) is 0 Å². The van der Waals surface area contributed by atoms with Crippen molar-refractivity contribution in [2.45, 2.75) is 32.7 Å². The maximum atomic E-state index is 12.6. The molecule has 1 atom stereocenters. The lowest BCUT2D eigenvalue weighted by molar-refractivity contribution is 0.0810. The van der Waals surface area contributed by atoms with Gasteiger partial charge in [0.2, 0.25) is 0 Å². The first-order valence-electron chi connectivity index (χ1n) is 7.55. The van der Waals surface area contributed by atoms with Crippen LogP contribution in [-0.2, 0) is 0 Å². The normalized spacial score (nSPS) is 20.3. The average molecular weight is 297 g/mol. The number of carbonyl (C=O) groups excluding carboxylic acids is 1. The van der Waals surface area contributed by atoms with E-state index in [1.54, 1.807) is 11.0 Å². The van der Waals surface area contributed by atoms with Gasteiger partial charge in [0.15, 0.2) is 0 Å². The molecule has 22 heavy (non-hydrogen) atoms. The van der Waals surface area contributed by atoms with Crippen molar-refractivity contribution >= 4 is 17.3 Å². The fourth-order valence-electron chi connectivity index (χ4n) is 2.89. The van der Waals surface area contributed by atoms with Crippen molar-refractivity contribution in [2.24, 2.45) is 0 Å². The molecule has 0 bridgehead atoms. The topological polar surface area (TPSA) is 58.4 Å². The lowest BCUT2D eigenvalue weighted by Crippen LogP contribution is -2.42. The van der Waals surface area contributed by atoms with E-state index in [1.165, 1.54) is 0 Å². The maximum absolute atomic E-state index is 12.6. The summed E-state index contributed by atoms with van der Waals surface area (Å²) in [5.41, 5.74) is 10.2. The number of amides is 1. The van der Waals surface area contributed by atoms with Crippen molar-refractivity contribution in [1.29, 1.82) is 0 Å². The smallest absolute Gasteiger partial charge is 0.261 e. The summed E-state index contributed by atoms with van der Waals surface area (Å²) in [6.07, 6.45) is 1.61. The van der Waals surface area contributed by atoms with Gasteiger partial charge in [0.25, 0.3) is 5.91 Å². The van der Waals surface area contributed by atoms with Crippen molar-refractivity contribution in [1.82, 2.24) is 10.2 Å². The molecule has 4 nitrogen and oxygen atoms in total. The Hall–Kier alpha value is -2.49. The van der Waals surface area contributed by atoms with Crippen LogP contribution in [0.4, 0.5) is 5.69 Å². The molecule has 0 radical (unpaired) electrons. The van der Waals surface area contributed by atoms with E-state index < -0.39 is 0 Å². The molecule has 1 fully saturated rings. The van der Waals surface area contributed by atoms with Gasteiger partial charge >= 0.3 is 0 Å². The first-order valence-corrected chi connectivity index (χ1v) is 7.55. The van der Waals surface area contributed by atoms with Crippen molar-refractivity contribution in [3.05, 3.63) is 60.5 Å². The summed E-state index contributed by atoms with van der Waals surface area (Å²) in [6.45, 7) is 16.0. The number of benzene rings is 1. The van der Waals surface area contributed by atoms with Gasteiger partial charge in [0.1, 0.15) is 0 Å². The van der Waals surface area contributed by atoms with E-state index in [2.05, 4.69) is 25.1 Å². The highest BCUT2D eigenvalue weighted by Crippen LogP contribution is 2.39. The predicted molar refractivity (Wildman–Crippen MR) is 91.8 cm³/mol. The number of allylic oxidation sites excluding steroid dienone is 1. The molecule has 0 saturated carbocycles. The number of nitrogen functional groups attached to an aromatic ring is 1. The Morgan fingerprint density at radius 2 is 1.95 bits per heavy atom. The van der Waals surface area contributed by atoms with E-state index in [9.17, 15) is 4.79 Å². The van der Waals surface area contributed by atoms with Crippen molar-refractivity contribution in [2.75, 3.05) is 5.73 Å². The van der Waals surface area contributed by atoms with Crippen LogP contribution in [0.2, 0.25) is 0 Å². The molecule has 0 aliphatic carbocycles. The third kappa shape index (κ3) is 2.41. The zero-order valence-corrected chi connectivity index (χ0v) is 13.3. The minimum absolute atomic E-state index is 0.0939. The number of hydrogen-bond donors (Lipinski definition) is 2. The molecule has 2 aliphatic heterocycles. The SMILES string of the molecule is C=C1CCC(N2C(=C)c3cccc(N)c3C2=O)C(=C)N1.CC. The number of piperidine rings is 1. The third-order valence-electron chi connectivity index (χ3n) is 3.90. The Morgan fingerprint density at radius 3 is 2.55 bits per heavy atom. The molecule has 1 aromatic rings. The zero-order chi connectivity index (χ0) is 16.4. The number of nitrogens with one attached hydrogen (secondary N) is 1. The Morgan fingerprint density at radius 1 is 1.27 bits per heavy atom. The van der Waals surface area contributed by atoms with Crippen LogP contribution in [0.15, 0.2) is 49.3 Å². The average Bonchev–Trinajstić information content (AvgIpc) is 2.75. The van der Waals surface area contributed by atoms with Crippen LogP contribution in [-0.4, -0.2) is 16.8 Å². The molecular formula is C18H23N3O. The van der Waals surface area contributed by atoms with Gasteiger partial charge in [-0.05, 0) is 18.9 Å². The molecule has 1 saturated heterocycles. The molecule has 2 aliphatic rings. The van der Waals surface area contributed by atoms with Gasteiger partial charge in [-0.2, -0.15) is 0 Å². The summed E-state index contributed by atoms with van der Waals surface area (Å²) in [5.74, 6) is -0.0939. The quantitative estimate of drug-likeness (QED) is 0.780. The van der Waals surface area contributed by atoms with Gasteiger partial charge in [-0.15, -0.1) is 0 Å². The van der Waals surface area contributed by atoms with Crippen LogP contribution in [0.1, 0.15) is 42.6 Å². The second kappa shape index (κ2) is 6.10. The summed E-state index contributed by atoms with van der Waals surface area (Å²) < 4.78 is 0. The second-order valence-electron chi connectivity index (χ2n) is 5.20.